The summed E-state index contributed by atoms with van der Waals surface area (Å²) in [4.78, 5) is 12.1. The molecule has 0 fully saturated rings. The Morgan fingerprint density at radius 3 is 2.64 bits per heavy atom. The fourth-order valence-corrected chi connectivity index (χ4v) is 3.35. The summed E-state index contributed by atoms with van der Waals surface area (Å²) in [7, 11) is -3.83. The molecule has 2 aromatic carbocycles. The highest BCUT2D eigenvalue weighted by Gasteiger charge is 2.21. The molecule has 2 N–H and O–H groups in total. The van der Waals surface area contributed by atoms with E-state index in [1.54, 1.807) is 0 Å². The molecule has 1 heterocycles. The predicted molar refractivity (Wildman–Crippen MR) is 92.3 cm³/mol. The van der Waals surface area contributed by atoms with Gasteiger partial charge in [-0.1, -0.05) is 12.1 Å². The van der Waals surface area contributed by atoms with Crippen molar-refractivity contribution in [1.29, 1.82) is 0 Å². The Bertz CT molecular complexity index is 925. The van der Waals surface area contributed by atoms with E-state index in [1.165, 1.54) is 18.2 Å². The highest BCUT2D eigenvalue weighted by Crippen LogP contribution is 2.33. The quantitative estimate of drug-likeness (QED) is 0.848. The van der Waals surface area contributed by atoms with E-state index in [9.17, 15) is 13.2 Å². The number of carbonyl (C=O) groups excluding carboxylic acids is 1. The molecule has 132 valence electrons. The summed E-state index contributed by atoms with van der Waals surface area (Å²) < 4.78 is 37.2. The van der Waals surface area contributed by atoms with Crippen molar-refractivity contribution in [3.05, 3.63) is 47.5 Å². The van der Waals surface area contributed by atoms with E-state index in [1.807, 2.05) is 32.0 Å². The SMILES string of the molecule is Cc1ccc(C)c(NC(=O)CNS(=O)(=O)c2ccc3c(c2)OCO3)c1. The Balaban J connectivity index is 1.65. The molecule has 0 bridgehead atoms. The maximum absolute atomic E-state index is 12.3. The first-order chi connectivity index (χ1) is 11.8. The fourth-order valence-electron chi connectivity index (χ4n) is 2.35. The smallest absolute Gasteiger partial charge is 0.241 e. The minimum atomic E-state index is -3.83. The van der Waals surface area contributed by atoms with E-state index in [4.69, 9.17) is 9.47 Å². The molecule has 7 nitrogen and oxygen atoms in total. The Labute approximate surface area is 146 Å². The molecule has 0 radical (unpaired) electrons. The van der Waals surface area contributed by atoms with Crippen molar-refractivity contribution in [3.63, 3.8) is 0 Å². The number of sulfonamides is 1. The standard InChI is InChI=1S/C17H18N2O5S/c1-11-3-4-12(2)14(7-11)19-17(20)9-18-25(21,22)13-5-6-15-16(8-13)24-10-23-15/h3-8,18H,9-10H2,1-2H3,(H,19,20). The monoisotopic (exact) mass is 362 g/mol. The molecule has 0 atom stereocenters. The zero-order valence-corrected chi connectivity index (χ0v) is 14.6. The summed E-state index contributed by atoms with van der Waals surface area (Å²) in [6.45, 7) is 3.47. The molecular weight excluding hydrogens is 344 g/mol. The van der Waals surface area contributed by atoms with Gasteiger partial charge in [-0.3, -0.25) is 4.79 Å². The molecule has 1 aliphatic rings. The average molecular weight is 362 g/mol. The predicted octanol–water partition coefficient (Wildman–Crippen LogP) is 1.95. The summed E-state index contributed by atoms with van der Waals surface area (Å²) in [6.07, 6.45) is 0. The summed E-state index contributed by atoms with van der Waals surface area (Å²) in [5.74, 6) is 0.410. The minimum absolute atomic E-state index is 0.0105. The summed E-state index contributed by atoms with van der Waals surface area (Å²) in [5, 5.41) is 2.71. The van der Waals surface area contributed by atoms with Gasteiger partial charge in [-0.25, -0.2) is 13.1 Å². The number of fused-ring (bicyclic) bond motifs is 1. The van der Waals surface area contributed by atoms with Crippen molar-refractivity contribution >= 4 is 21.6 Å². The van der Waals surface area contributed by atoms with Crippen LogP contribution in [0.3, 0.4) is 0 Å². The number of carbonyl (C=O) groups is 1. The molecule has 1 aliphatic heterocycles. The third kappa shape index (κ3) is 3.92. The number of ether oxygens (including phenoxy) is 2. The molecule has 2 aromatic rings. The lowest BCUT2D eigenvalue weighted by atomic mass is 10.1. The van der Waals surface area contributed by atoms with Gasteiger partial charge in [0.15, 0.2) is 11.5 Å². The second kappa shape index (κ2) is 6.73. The molecule has 3 rings (SSSR count). The molecule has 25 heavy (non-hydrogen) atoms. The minimum Gasteiger partial charge on any atom is -0.454 e. The lowest BCUT2D eigenvalue weighted by Crippen LogP contribution is -2.33. The van der Waals surface area contributed by atoms with Crippen LogP contribution in [0.4, 0.5) is 5.69 Å². The van der Waals surface area contributed by atoms with Crippen molar-refractivity contribution in [3.8, 4) is 11.5 Å². The van der Waals surface area contributed by atoms with E-state index in [0.717, 1.165) is 11.1 Å². The van der Waals surface area contributed by atoms with Crippen LogP contribution in [0.25, 0.3) is 0 Å². The number of aryl methyl sites for hydroxylation is 2. The molecular formula is C17H18N2O5S. The van der Waals surface area contributed by atoms with Crippen molar-refractivity contribution in [1.82, 2.24) is 4.72 Å². The van der Waals surface area contributed by atoms with Gasteiger partial charge in [0.2, 0.25) is 22.7 Å². The maximum Gasteiger partial charge on any atom is 0.241 e. The summed E-state index contributed by atoms with van der Waals surface area (Å²) in [5.41, 5.74) is 2.56. The van der Waals surface area contributed by atoms with Crippen molar-refractivity contribution in [2.45, 2.75) is 18.7 Å². The summed E-state index contributed by atoms with van der Waals surface area (Å²) >= 11 is 0. The Hall–Kier alpha value is -2.58. The Morgan fingerprint density at radius 2 is 1.84 bits per heavy atom. The Morgan fingerprint density at radius 1 is 1.08 bits per heavy atom. The van der Waals surface area contributed by atoms with Crippen LogP contribution in [-0.4, -0.2) is 27.7 Å². The van der Waals surface area contributed by atoms with Gasteiger partial charge >= 0.3 is 0 Å². The first-order valence-corrected chi connectivity index (χ1v) is 9.10. The van der Waals surface area contributed by atoms with Crippen LogP contribution < -0.4 is 19.5 Å². The number of nitrogens with one attached hydrogen (secondary N) is 2. The van der Waals surface area contributed by atoms with Crippen LogP contribution in [-0.2, 0) is 14.8 Å². The first kappa shape index (κ1) is 17.2. The van der Waals surface area contributed by atoms with Crippen molar-refractivity contribution in [2.75, 3.05) is 18.7 Å². The van der Waals surface area contributed by atoms with Crippen molar-refractivity contribution < 1.29 is 22.7 Å². The molecule has 0 aromatic heterocycles. The van der Waals surface area contributed by atoms with Crippen LogP contribution in [0.5, 0.6) is 11.5 Å². The van der Waals surface area contributed by atoms with E-state index in [2.05, 4.69) is 10.0 Å². The number of hydrogen-bond donors (Lipinski definition) is 2. The van der Waals surface area contributed by atoms with Crippen LogP contribution >= 0.6 is 0 Å². The zero-order valence-electron chi connectivity index (χ0n) is 13.8. The van der Waals surface area contributed by atoms with Gasteiger partial charge in [0.05, 0.1) is 11.4 Å². The largest absolute Gasteiger partial charge is 0.454 e. The Kier molecular flexibility index (Phi) is 4.65. The third-order valence-electron chi connectivity index (χ3n) is 3.74. The normalized spacial score (nSPS) is 12.9. The fraction of sp³-hybridized carbons (Fsp3) is 0.235. The number of hydrogen-bond acceptors (Lipinski definition) is 5. The van der Waals surface area contributed by atoms with Gasteiger partial charge in [-0.05, 0) is 43.2 Å². The second-order valence-electron chi connectivity index (χ2n) is 5.71. The lowest BCUT2D eigenvalue weighted by molar-refractivity contribution is -0.115. The third-order valence-corrected chi connectivity index (χ3v) is 5.14. The molecule has 8 heteroatoms. The first-order valence-electron chi connectivity index (χ1n) is 7.61. The van der Waals surface area contributed by atoms with Gasteiger partial charge < -0.3 is 14.8 Å². The molecule has 0 aliphatic carbocycles. The average Bonchev–Trinajstić information content (AvgIpc) is 3.04. The molecule has 0 saturated carbocycles. The van der Waals surface area contributed by atoms with E-state index in [-0.39, 0.29) is 18.2 Å². The van der Waals surface area contributed by atoms with Crippen LogP contribution in [0, 0.1) is 13.8 Å². The van der Waals surface area contributed by atoms with Gasteiger partial charge in [-0.15, -0.1) is 0 Å². The van der Waals surface area contributed by atoms with Crippen LogP contribution in [0.2, 0.25) is 0 Å². The second-order valence-corrected chi connectivity index (χ2v) is 7.47. The van der Waals surface area contributed by atoms with Gasteiger partial charge in [-0.2, -0.15) is 0 Å². The maximum atomic E-state index is 12.3. The zero-order chi connectivity index (χ0) is 18.0. The van der Waals surface area contributed by atoms with Crippen molar-refractivity contribution in [2.24, 2.45) is 0 Å². The molecule has 0 saturated heterocycles. The van der Waals surface area contributed by atoms with Gasteiger partial charge in [0.25, 0.3) is 0 Å². The van der Waals surface area contributed by atoms with E-state index in [0.29, 0.717) is 17.2 Å². The number of rotatable bonds is 5. The molecule has 0 spiro atoms. The number of benzene rings is 2. The van der Waals surface area contributed by atoms with Crippen LogP contribution in [0.15, 0.2) is 41.3 Å². The lowest BCUT2D eigenvalue weighted by Gasteiger charge is -2.11. The molecule has 0 unspecified atom stereocenters. The highest BCUT2D eigenvalue weighted by molar-refractivity contribution is 7.89. The van der Waals surface area contributed by atoms with E-state index >= 15 is 0 Å². The van der Waals surface area contributed by atoms with Gasteiger partial charge in [0.1, 0.15) is 0 Å². The number of anilines is 1. The van der Waals surface area contributed by atoms with Gasteiger partial charge in [0, 0.05) is 11.8 Å². The molecule has 1 amide bonds. The summed E-state index contributed by atoms with van der Waals surface area (Å²) in [6, 6.07) is 9.95. The van der Waals surface area contributed by atoms with Crippen LogP contribution in [0.1, 0.15) is 11.1 Å². The number of amides is 1. The highest BCUT2D eigenvalue weighted by atomic mass is 32.2. The van der Waals surface area contributed by atoms with E-state index < -0.39 is 15.9 Å². The topological polar surface area (TPSA) is 93.7 Å².